The lowest BCUT2D eigenvalue weighted by molar-refractivity contribution is 0.0694. The minimum absolute atomic E-state index is 0.201. The molecule has 1 N–H and O–H groups in total. The molecular weight excluding hydrogens is 258 g/mol. The summed E-state index contributed by atoms with van der Waals surface area (Å²) < 4.78 is 3.90. The summed E-state index contributed by atoms with van der Waals surface area (Å²) in [5.41, 5.74) is 1.11. The Bertz CT molecular complexity index is 726. The van der Waals surface area contributed by atoms with Gasteiger partial charge in [0.25, 0.3) is 0 Å². The van der Waals surface area contributed by atoms with Gasteiger partial charge in [-0.2, -0.15) is 0 Å². The molecule has 0 spiro atoms. The van der Waals surface area contributed by atoms with Gasteiger partial charge in [-0.25, -0.2) is 9.78 Å². The number of carboxylic acid groups (broad SMARTS) is 1. The van der Waals surface area contributed by atoms with E-state index in [0.717, 1.165) is 24.2 Å². The topological polar surface area (TPSA) is 77.1 Å². The molecule has 3 rings (SSSR count). The molecule has 2 heterocycles. The zero-order valence-corrected chi connectivity index (χ0v) is 11.1. The highest BCUT2D eigenvalue weighted by Crippen LogP contribution is 2.35. The molecule has 0 radical (unpaired) electrons. The van der Waals surface area contributed by atoms with E-state index in [2.05, 4.69) is 9.55 Å². The van der Waals surface area contributed by atoms with Crippen LogP contribution in [0.1, 0.15) is 40.6 Å². The number of aryl methyl sites for hydroxylation is 1. The summed E-state index contributed by atoms with van der Waals surface area (Å²) in [4.78, 5) is 26.8. The maximum absolute atomic E-state index is 11.6. The summed E-state index contributed by atoms with van der Waals surface area (Å²) in [7, 11) is 0. The van der Waals surface area contributed by atoms with E-state index in [9.17, 15) is 9.59 Å². The molecule has 1 aliphatic carbocycles. The van der Waals surface area contributed by atoms with Gasteiger partial charge < -0.3 is 14.2 Å². The van der Waals surface area contributed by atoms with Crippen LogP contribution in [0.15, 0.2) is 29.6 Å². The average molecular weight is 273 g/mol. The molecule has 0 unspecified atom stereocenters. The number of rotatable bonds is 4. The molecule has 0 saturated heterocycles. The van der Waals surface area contributed by atoms with E-state index in [1.165, 1.54) is 12.3 Å². The third kappa shape index (κ3) is 2.24. The lowest BCUT2D eigenvalue weighted by Crippen LogP contribution is -2.20. The van der Waals surface area contributed by atoms with Crippen molar-refractivity contribution in [3.63, 3.8) is 0 Å². The van der Waals surface area contributed by atoms with Crippen LogP contribution in [0.2, 0.25) is 0 Å². The third-order valence-corrected chi connectivity index (χ3v) is 3.59. The van der Waals surface area contributed by atoms with Crippen molar-refractivity contribution in [2.24, 2.45) is 0 Å². The van der Waals surface area contributed by atoms with Crippen LogP contribution >= 0.6 is 0 Å². The molecule has 1 fully saturated rings. The molecular formula is C14H15N3O3. The Morgan fingerprint density at radius 3 is 2.90 bits per heavy atom. The van der Waals surface area contributed by atoms with Crippen molar-refractivity contribution >= 4 is 5.97 Å². The summed E-state index contributed by atoms with van der Waals surface area (Å²) in [6.45, 7) is 2.31. The highest BCUT2D eigenvalue weighted by molar-refractivity contribution is 5.87. The van der Waals surface area contributed by atoms with E-state index in [1.807, 2.05) is 6.33 Å². The first kappa shape index (κ1) is 12.7. The van der Waals surface area contributed by atoms with Gasteiger partial charge in [-0.1, -0.05) is 0 Å². The minimum Gasteiger partial charge on any atom is -0.477 e. The Hall–Kier alpha value is -2.37. The van der Waals surface area contributed by atoms with Gasteiger partial charge in [0.1, 0.15) is 5.56 Å². The highest BCUT2D eigenvalue weighted by atomic mass is 16.4. The Kier molecular flexibility index (Phi) is 2.93. The van der Waals surface area contributed by atoms with E-state index in [-0.39, 0.29) is 5.56 Å². The molecule has 104 valence electrons. The number of pyridine rings is 1. The fourth-order valence-corrected chi connectivity index (χ4v) is 2.31. The Labute approximate surface area is 115 Å². The van der Waals surface area contributed by atoms with Gasteiger partial charge >= 0.3 is 5.97 Å². The van der Waals surface area contributed by atoms with E-state index >= 15 is 0 Å². The van der Waals surface area contributed by atoms with Crippen molar-refractivity contribution in [1.82, 2.24) is 14.1 Å². The summed E-state index contributed by atoms with van der Waals surface area (Å²) in [5, 5.41) is 9.03. The molecule has 0 aliphatic heterocycles. The number of nitrogens with zero attached hydrogens (tertiary/aromatic N) is 3. The van der Waals surface area contributed by atoms with Crippen LogP contribution in [0.3, 0.4) is 0 Å². The molecule has 20 heavy (non-hydrogen) atoms. The smallest absolute Gasteiger partial charge is 0.341 e. The maximum Gasteiger partial charge on any atom is 0.341 e. The normalized spacial score (nSPS) is 14.4. The van der Waals surface area contributed by atoms with Crippen LogP contribution < -0.4 is 5.43 Å². The van der Waals surface area contributed by atoms with Crippen LogP contribution in [-0.4, -0.2) is 25.2 Å². The molecule has 6 heteroatoms. The predicted molar refractivity (Wildman–Crippen MR) is 72.0 cm³/mol. The van der Waals surface area contributed by atoms with Gasteiger partial charge in [0, 0.05) is 30.2 Å². The largest absolute Gasteiger partial charge is 0.477 e. The van der Waals surface area contributed by atoms with Crippen LogP contribution in [-0.2, 0) is 6.54 Å². The Morgan fingerprint density at radius 1 is 1.50 bits per heavy atom. The number of aromatic nitrogens is 3. The van der Waals surface area contributed by atoms with Crippen molar-refractivity contribution in [2.45, 2.75) is 32.4 Å². The first-order chi connectivity index (χ1) is 9.56. The number of carboxylic acids is 1. The lowest BCUT2D eigenvalue weighted by atomic mass is 10.2. The fraction of sp³-hybridized carbons (Fsp3) is 0.357. The van der Waals surface area contributed by atoms with Gasteiger partial charge in [-0.3, -0.25) is 4.79 Å². The second-order valence-electron chi connectivity index (χ2n) is 5.15. The SMILES string of the molecule is Cc1cc(=O)c(C(=O)O)cn1Cc1cncn1C1CC1. The van der Waals surface area contributed by atoms with Gasteiger partial charge in [0.15, 0.2) is 5.43 Å². The zero-order chi connectivity index (χ0) is 14.3. The van der Waals surface area contributed by atoms with Crippen LogP contribution in [0.4, 0.5) is 0 Å². The summed E-state index contributed by atoms with van der Waals surface area (Å²) in [5.74, 6) is -1.19. The van der Waals surface area contributed by atoms with Gasteiger partial charge in [-0.15, -0.1) is 0 Å². The number of hydrogen-bond acceptors (Lipinski definition) is 3. The number of aromatic carboxylic acids is 1. The van der Waals surface area contributed by atoms with E-state index < -0.39 is 11.4 Å². The molecule has 2 aromatic heterocycles. The summed E-state index contributed by atoms with van der Waals surface area (Å²) >= 11 is 0. The standard InChI is InChI=1S/C14H15N3O3/c1-9-4-13(18)12(14(19)20)7-16(9)6-11-5-15-8-17(11)10-2-3-10/h4-5,7-8,10H,2-3,6H2,1H3,(H,19,20). The quantitative estimate of drug-likeness (QED) is 0.914. The van der Waals surface area contributed by atoms with Crippen molar-refractivity contribution in [3.8, 4) is 0 Å². The van der Waals surface area contributed by atoms with E-state index in [1.54, 1.807) is 17.7 Å². The third-order valence-electron chi connectivity index (χ3n) is 3.59. The monoisotopic (exact) mass is 273 g/mol. The van der Waals surface area contributed by atoms with Gasteiger partial charge in [0.2, 0.25) is 0 Å². The second-order valence-corrected chi connectivity index (χ2v) is 5.15. The number of carbonyl (C=O) groups is 1. The number of imidazole rings is 1. The molecule has 1 aliphatic rings. The van der Waals surface area contributed by atoms with Gasteiger partial charge in [0.05, 0.1) is 18.6 Å². The molecule has 2 aromatic rings. The van der Waals surface area contributed by atoms with Crippen LogP contribution in [0.5, 0.6) is 0 Å². The highest BCUT2D eigenvalue weighted by Gasteiger charge is 2.25. The summed E-state index contributed by atoms with van der Waals surface area (Å²) in [6.07, 6.45) is 7.32. The fourth-order valence-electron chi connectivity index (χ4n) is 2.31. The minimum atomic E-state index is -1.19. The predicted octanol–water partition coefficient (Wildman–Crippen LogP) is 1.43. The summed E-state index contributed by atoms with van der Waals surface area (Å²) in [6, 6.07) is 1.88. The first-order valence-electron chi connectivity index (χ1n) is 6.51. The van der Waals surface area contributed by atoms with Crippen LogP contribution in [0, 0.1) is 6.92 Å². The molecule has 1 saturated carbocycles. The zero-order valence-electron chi connectivity index (χ0n) is 11.1. The van der Waals surface area contributed by atoms with Crippen LogP contribution in [0.25, 0.3) is 0 Å². The Balaban J connectivity index is 1.97. The lowest BCUT2D eigenvalue weighted by Gasteiger charge is -2.13. The maximum atomic E-state index is 11.6. The van der Waals surface area contributed by atoms with Crippen molar-refractivity contribution < 1.29 is 9.90 Å². The molecule has 6 nitrogen and oxygen atoms in total. The van der Waals surface area contributed by atoms with Crippen molar-refractivity contribution in [1.29, 1.82) is 0 Å². The second kappa shape index (κ2) is 4.63. The van der Waals surface area contributed by atoms with Crippen molar-refractivity contribution in [3.05, 3.63) is 52.0 Å². The molecule has 0 atom stereocenters. The molecule has 0 aromatic carbocycles. The number of hydrogen-bond donors (Lipinski definition) is 1. The first-order valence-corrected chi connectivity index (χ1v) is 6.51. The average Bonchev–Trinajstić information content (AvgIpc) is 3.12. The molecule has 0 amide bonds. The van der Waals surface area contributed by atoms with E-state index in [0.29, 0.717) is 12.6 Å². The van der Waals surface area contributed by atoms with Crippen molar-refractivity contribution in [2.75, 3.05) is 0 Å². The molecule has 0 bridgehead atoms. The van der Waals surface area contributed by atoms with Gasteiger partial charge in [-0.05, 0) is 19.8 Å². The van der Waals surface area contributed by atoms with E-state index in [4.69, 9.17) is 5.11 Å². The Morgan fingerprint density at radius 2 is 2.25 bits per heavy atom.